The molecular weight excluding hydrogens is 342 g/mol. The Morgan fingerprint density at radius 1 is 1.07 bits per heavy atom. The number of ether oxygens (including phenoxy) is 1. The Balaban J connectivity index is 1.15. The molecule has 140 valence electrons. The van der Waals surface area contributed by atoms with Crippen molar-refractivity contribution in [3.8, 4) is 5.88 Å². The van der Waals surface area contributed by atoms with Gasteiger partial charge in [0.1, 0.15) is 18.5 Å². The summed E-state index contributed by atoms with van der Waals surface area (Å²) in [5, 5.41) is 12.5. The summed E-state index contributed by atoms with van der Waals surface area (Å²) in [6.45, 7) is 2.67. The molecule has 3 aromatic rings. The van der Waals surface area contributed by atoms with Gasteiger partial charge in [-0.15, -0.1) is 15.3 Å². The number of hydrogen-bond acceptors (Lipinski definition) is 7. The van der Waals surface area contributed by atoms with Gasteiger partial charge in [0.25, 0.3) is 0 Å². The van der Waals surface area contributed by atoms with Gasteiger partial charge in [-0.1, -0.05) is 6.42 Å². The lowest BCUT2D eigenvalue weighted by atomic mass is 9.83. The van der Waals surface area contributed by atoms with E-state index in [4.69, 9.17) is 4.74 Å². The summed E-state index contributed by atoms with van der Waals surface area (Å²) in [4.78, 5) is 11.0. The molecule has 0 radical (unpaired) electrons. The molecule has 8 nitrogen and oxygen atoms in total. The first-order chi connectivity index (χ1) is 13.3. The molecule has 2 aliphatic rings. The van der Waals surface area contributed by atoms with Crippen LogP contribution < -0.4 is 9.64 Å². The van der Waals surface area contributed by atoms with E-state index in [2.05, 4.69) is 30.2 Å². The summed E-state index contributed by atoms with van der Waals surface area (Å²) in [5.41, 5.74) is 1.91. The third-order valence-electron chi connectivity index (χ3n) is 5.74. The zero-order chi connectivity index (χ0) is 18.1. The maximum Gasteiger partial charge on any atom is 0.216 e. The zero-order valence-corrected chi connectivity index (χ0v) is 15.2. The largest absolute Gasteiger partial charge is 0.477 e. The molecule has 0 aromatic carbocycles. The van der Waals surface area contributed by atoms with Crippen molar-refractivity contribution in [2.24, 2.45) is 5.92 Å². The van der Waals surface area contributed by atoms with Gasteiger partial charge in [0, 0.05) is 25.1 Å². The predicted molar refractivity (Wildman–Crippen MR) is 99.8 cm³/mol. The molecule has 5 rings (SSSR count). The van der Waals surface area contributed by atoms with E-state index in [1.54, 1.807) is 17.2 Å². The Labute approximate surface area is 157 Å². The van der Waals surface area contributed by atoms with Crippen LogP contribution in [0.1, 0.15) is 43.7 Å². The fourth-order valence-electron chi connectivity index (χ4n) is 3.78. The lowest BCUT2D eigenvalue weighted by Gasteiger charge is -2.32. The number of anilines is 1. The van der Waals surface area contributed by atoms with Crippen LogP contribution in [0.4, 0.5) is 5.82 Å². The van der Waals surface area contributed by atoms with Crippen LogP contribution in [0.5, 0.6) is 5.88 Å². The zero-order valence-electron chi connectivity index (χ0n) is 15.2. The van der Waals surface area contributed by atoms with Gasteiger partial charge in [-0.25, -0.2) is 9.97 Å². The van der Waals surface area contributed by atoms with Crippen molar-refractivity contribution in [2.75, 3.05) is 24.6 Å². The highest BCUT2D eigenvalue weighted by atomic mass is 16.5. The standard InChI is InChI=1S/C19H23N7O/c1-2-15(3-1)16-10-19(21-12-20-16)27-11-14-6-8-25(9-7-14)18-5-4-17-23-22-13-26(17)24-18/h4-5,10,12-15H,1-3,6-9,11H2. The van der Waals surface area contributed by atoms with Crippen molar-refractivity contribution in [3.05, 3.63) is 36.5 Å². The summed E-state index contributed by atoms with van der Waals surface area (Å²) >= 11 is 0. The molecule has 3 aromatic heterocycles. The summed E-state index contributed by atoms with van der Waals surface area (Å²) in [7, 11) is 0. The van der Waals surface area contributed by atoms with E-state index in [0.717, 1.165) is 43.1 Å². The summed E-state index contributed by atoms with van der Waals surface area (Å²) in [6, 6.07) is 6.00. The van der Waals surface area contributed by atoms with Crippen LogP contribution in [0.25, 0.3) is 5.65 Å². The predicted octanol–water partition coefficient (Wildman–Crippen LogP) is 2.48. The third kappa shape index (κ3) is 3.43. The number of nitrogens with zero attached hydrogens (tertiary/aromatic N) is 7. The van der Waals surface area contributed by atoms with Gasteiger partial charge in [0.2, 0.25) is 5.88 Å². The van der Waals surface area contributed by atoms with Crippen molar-refractivity contribution in [1.82, 2.24) is 29.8 Å². The number of piperidine rings is 1. The smallest absolute Gasteiger partial charge is 0.216 e. The molecular formula is C19H23N7O. The normalized spacial score (nSPS) is 18.6. The molecule has 2 fully saturated rings. The number of rotatable bonds is 5. The van der Waals surface area contributed by atoms with E-state index in [1.807, 2.05) is 18.2 Å². The minimum atomic E-state index is 0.544. The van der Waals surface area contributed by atoms with E-state index in [9.17, 15) is 0 Å². The van der Waals surface area contributed by atoms with Crippen LogP contribution in [-0.2, 0) is 0 Å². The topological polar surface area (TPSA) is 81.3 Å². The molecule has 0 atom stereocenters. The molecule has 1 aliphatic heterocycles. The van der Waals surface area contributed by atoms with E-state index >= 15 is 0 Å². The Kier molecular flexibility index (Phi) is 4.31. The minimum absolute atomic E-state index is 0.544. The van der Waals surface area contributed by atoms with Crippen LogP contribution >= 0.6 is 0 Å². The van der Waals surface area contributed by atoms with Crippen LogP contribution in [0.15, 0.2) is 30.9 Å². The molecule has 0 spiro atoms. The van der Waals surface area contributed by atoms with Crippen molar-refractivity contribution in [3.63, 3.8) is 0 Å². The summed E-state index contributed by atoms with van der Waals surface area (Å²) in [5.74, 6) is 2.84. The van der Waals surface area contributed by atoms with Gasteiger partial charge in [-0.2, -0.15) is 4.52 Å². The van der Waals surface area contributed by atoms with Crippen molar-refractivity contribution in [2.45, 2.75) is 38.0 Å². The van der Waals surface area contributed by atoms with Crippen LogP contribution in [0.2, 0.25) is 0 Å². The molecule has 0 bridgehead atoms. The molecule has 0 N–H and O–H groups in total. The number of hydrogen-bond donors (Lipinski definition) is 0. The first kappa shape index (κ1) is 16.4. The van der Waals surface area contributed by atoms with Gasteiger partial charge in [-0.05, 0) is 43.7 Å². The first-order valence-electron chi connectivity index (χ1n) is 9.72. The Morgan fingerprint density at radius 3 is 2.78 bits per heavy atom. The Hall–Kier alpha value is -2.77. The Bertz CT molecular complexity index is 915. The fraction of sp³-hybridized carbons (Fsp3) is 0.526. The molecule has 4 heterocycles. The third-order valence-corrected chi connectivity index (χ3v) is 5.74. The molecule has 0 amide bonds. The molecule has 27 heavy (non-hydrogen) atoms. The lowest BCUT2D eigenvalue weighted by molar-refractivity contribution is 0.215. The lowest BCUT2D eigenvalue weighted by Crippen LogP contribution is -2.36. The SMILES string of the molecule is c1nc(OCC2CCN(c3ccc4nncn4n3)CC2)cc(C2CCC2)n1. The van der Waals surface area contributed by atoms with Gasteiger partial charge in [-0.3, -0.25) is 0 Å². The van der Waals surface area contributed by atoms with Crippen LogP contribution in [-0.4, -0.2) is 49.5 Å². The van der Waals surface area contributed by atoms with E-state index in [-0.39, 0.29) is 0 Å². The average molecular weight is 365 g/mol. The van der Waals surface area contributed by atoms with Crippen molar-refractivity contribution < 1.29 is 4.74 Å². The van der Waals surface area contributed by atoms with Crippen LogP contribution in [0, 0.1) is 5.92 Å². The average Bonchev–Trinajstić information content (AvgIpc) is 3.14. The van der Waals surface area contributed by atoms with Crippen molar-refractivity contribution >= 4 is 11.5 Å². The first-order valence-corrected chi connectivity index (χ1v) is 9.72. The van der Waals surface area contributed by atoms with Gasteiger partial charge < -0.3 is 9.64 Å². The quantitative estimate of drug-likeness (QED) is 0.687. The van der Waals surface area contributed by atoms with Gasteiger partial charge in [0.05, 0.1) is 12.3 Å². The second-order valence-corrected chi connectivity index (χ2v) is 7.48. The van der Waals surface area contributed by atoms with E-state index < -0.39 is 0 Å². The summed E-state index contributed by atoms with van der Waals surface area (Å²) < 4.78 is 7.71. The highest BCUT2D eigenvalue weighted by molar-refractivity contribution is 5.45. The van der Waals surface area contributed by atoms with E-state index in [0.29, 0.717) is 24.3 Å². The maximum atomic E-state index is 5.99. The molecule has 1 aliphatic carbocycles. The minimum Gasteiger partial charge on any atom is -0.477 e. The van der Waals surface area contributed by atoms with Crippen molar-refractivity contribution in [1.29, 1.82) is 0 Å². The van der Waals surface area contributed by atoms with Crippen LogP contribution in [0.3, 0.4) is 0 Å². The second-order valence-electron chi connectivity index (χ2n) is 7.48. The fourth-order valence-corrected chi connectivity index (χ4v) is 3.78. The molecule has 1 saturated heterocycles. The van der Waals surface area contributed by atoms with Gasteiger partial charge in [0.15, 0.2) is 5.65 Å². The highest BCUT2D eigenvalue weighted by Gasteiger charge is 2.23. The molecule has 0 unspecified atom stereocenters. The maximum absolute atomic E-state index is 5.99. The highest BCUT2D eigenvalue weighted by Crippen LogP contribution is 2.35. The Morgan fingerprint density at radius 2 is 1.96 bits per heavy atom. The number of aromatic nitrogens is 6. The molecule has 8 heteroatoms. The number of fused-ring (bicyclic) bond motifs is 1. The van der Waals surface area contributed by atoms with Gasteiger partial charge >= 0.3 is 0 Å². The van der Waals surface area contributed by atoms with E-state index in [1.165, 1.54) is 19.3 Å². The summed E-state index contributed by atoms with van der Waals surface area (Å²) in [6.07, 6.45) is 9.23. The second kappa shape index (κ2) is 7.09. The molecule has 1 saturated carbocycles. The monoisotopic (exact) mass is 365 g/mol.